The molecule has 0 aromatic heterocycles. The number of nitrogens with one attached hydrogen (secondary N) is 1. The molecule has 0 aromatic carbocycles. The number of amides is 3. The fraction of sp³-hybridized carbons (Fsp3) is 0.875. The summed E-state index contributed by atoms with van der Waals surface area (Å²) in [5.74, 6) is 0.757. The highest BCUT2D eigenvalue weighted by atomic mass is 32.2. The second-order valence-corrected chi connectivity index (χ2v) is 9.76. The number of hydrogen-bond acceptors (Lipinski definition) is 5. The molecule has 1 aliphatic carbocycles. The first-order valence-electron chi connectivity index (χ1n) is 8.85. The fourth-order valence-electron chi connectivity index (χ4n) is 4.12. The third-order valence-corrected chi connectivity index (χ3v) is 7.58. The second kappa shape index (κ2) is 6.29. The van der Waals surface area contributed by atoms with Crippen molar-refractivity contribution in [1.82, 2.24) is 15.1 Å². The third-order valence-electron chi connectivity index (χ3n) is 5.83. The first kappa shape index (κ1) is 17.7. The van der Waals surface area contributed by atoms with Crippen LogP contribution in [0.4, 0.5) is 4.79 Å². The van der Waals surface area contributed by atoms with Crippen LogP contribution >= 0.6 is 0 Å². The van der Waals surface area contributed by atoms with Crippen molar-refractivity contribution >= 4 is 21.8 Å². The molecule has 0 aromatic rings. The minimum absolute atomic E-state index is 0.108. The topological polar surface area (TPSA) is 86.8 Å². The molecule has 136 valence electrons. The van der Waals surface area contributed by atoms with Crippen LogP contribution in [0.3, 0.4) is 0 Å². The lowest BCUT2D eigenvalue weighted by Gasteiger charge is -2.34. The van der Waals surface area contributed by atoms with Crippen LogP contribution in [0.25, 0.3) is 0 Å². The predicted octanol–water partition coefficient (Wildman–Crippen LogP) is 0.954. The van der Waals surface area contributed by atoms with Crippen LogP contribution in [0.5, 0.6) is 0 Å². The molecule has 3 rings (SSSR count). The summed E-state index contributed by atoms with van der Waals surface area (Å²) in [6, 6.07) is -0.447. The van der Waals surface area contributed by atoms with E-state index in [1.165, 1.54) is 4.90 Å². The number of rotatable bonds is 4. The Balaban J connectivity index is 1.70. The molecule has 0 bridgehead atoms. The van der Waals surface area contributed by atoms with E-state index >= 15 is 0 Å². The standard InChI is InChI=1S/C16H27N3O4S/c1-3-18(13-6-9-24(22,23)10-13)11-19-14(20)16(17-15(19)21)7-4-12(2)5-8-16/h12-13H,3-11H2,1-2H3,(H,17,21)/t12?,13-,16?/m0/s1. The molecule has 1 N–H and O–H groups in total. The molecule has 24 heavy (non-hydrogen) atoms. The van der Waals surface area contributed by atoms with Gasteiger partial charge in [-0.1, -0.05) is 13.8 Å². The van der Waals surface area contributed by atoms with Gasteiger partial charge in [-0.3, -0.25) is 9.69 Å². The van der Waals surface area contributed by atoms with Crippen molar-refractivity contribution in [3.8, 4) is 0 Å². The zero-order valence-corrected chi connectivity index (χ0v) is 15.3. The Kier molecular flexibility index (Phi) is 4.63. The number of hydrogen-bond donors (Lipinski definition) is 1. The van der Waals surface area contributed by atoms with Crippen molar-refractivity contribution < 1.29 is 18.0 Å². The maximum atomic E-state index is 12.9. The van der Waals surface area contributed by atoms with Crippen molar-refractivity contribution in [3.63, 3.8) is 0 Å². The summed E-state index contributed by atoms with van der Waals surface area (Å²) in [6.45, 7) is 4.90. The van der Waals surface area contributed by atoms with E-state index in [9.17, 15) is 18.0 Å². The zero-order valence-electron chi connectivity index (χ0n) is 14.5. The van der Waals surface area contributed by atoms with E-state index in [1.807, 2.05) is 11.8 Å². The van der Waals surface area contributed by atoms with E-state index in [-0.39, 0.29) is 36.2 Å². The molecule has 3 amide bonds. The first-order valence-corrected chi connectivity index (χ1v) is 10.7. The van der Waals surface area contributed by atoms with Gasteiger partial charge in [0.1, 0.15) is 5.54 Å². The zero-order chi connectivity index (χ0) is 17.5. The van der Waals surface area contributed by atoms with E-state index in [0.29, 0.717) is 31.7 Å². The molecule has 2 aliphatic heterocycles. The molecule has 3 aliphatic rings. The van der Waals surface area contributed by atoms with Crippen molar-refractivity contribution in [1.29, 1.82) is 0 Å². The number of urea groups is 1. The fourth-order valence-corrected chi connectivity index (χ4v) is 5.88. The SMILES string of the molecule is CCN(CN1C(=O)NC2(CCC(C)CC2)C1=O)[C@H]1CCS(=O)(=O)C1. The van der Waals surface area contributed by atoms with Gasteiger partial charge >= 0.3 is 6.03 Å². The summed E-state index contributed by atoms with van der Waals surface area (Å²) in [4.78, 5) is 28.5. The number of nitrogens with zero attached hydrogens (tertiary/aromatic N) is 2. The van der Waals surface area contributed by atoms with Gasteiger partial charge in [-0.05, 0) is 44.6 Å². The van der Waals surface area contributed by atoms with Gasteiger partial charge < -0.3 is 5.32 Å². The van der Waals surface area contributed by atoms with Crippen LogP contribution in [0.1, 0.15) is 46.0 Å². The summed E-state index contributed by atoms with van der Waals surface area (Å²) >= 11 is 0. The molecule has 3 fully saturated rings. The first-order chi connectivity index (χ1) is 11.3. The Morgan fingerprint density at radius 3 is 2.46 bits per heavy atom. The molecule has 0 radical (unpaired) electrons. The number of carbonyl (C=O) groups excluding carboxylic acids is 2. The molecule has 1 saturated carbocycles. The van der Waals surface area contributed by atoms with Crippen LogP contribution in [-0.2, 0) is 14.6 Å². The monoisotopic (exact) mass is 357 g/mol. The van der Waals surface area contributed by atoms with Gasteiger partial charge in [-0.25, -0.2) is 18.1 Å². The highest BCUT2D eigenvalue weighted by Crippen LogP contribution is 2.36. The molecule has 8 heteroatoms. The summed E-state index contributed by atoms with van der Waals surface area (Å²) in [5, 5.41) is 2.92. The normalized spacial score (nSPS) is 35.9. The minimum Gasteiger partial charge on any atom is -0.323 e. The summed E-state index contributed by atoms with van der Waals surface area (Å²) in [6.07, 6.45) is 3.84. The Hall–Kier alpha value is -1.15. The molecular weight excluding hydrogens is 330 g/mol. The molecule has 2 heterocycles. The largest absolute Gasteiger partial charge is 0.326 e. The predicted molar refractivity (Wildman–Crippen MR) is 90.0 cm³/mol. The maximum Gasteiger partial charge on any atom is 0.326 e. The van der Waals surface area contributed by atoms with E-state index in [1.54, 1.807) is 0 Å². The third kappa shape index (κ3) is 3.18. The Bertz CT molecular complexity index is 625. The van der Waals surface area contributed by atoms with Gasteiger partial charge in [-0.15, -0.1) is 0 Å². The average molecular weight is 357 g/mol. The number of sulfone groups is 1. The maximum absolute atomic E-state index is 12.9. The number of carbonyl (C=O) groups is 2. The Labute approximate surface area is 143 Å². The molecule has 0 unspecified atom stereocenters. The van der Waals surface area contributed by atoms with Gasteiger partial charge in [0, 0.05) is 6.04 Å². The molecule has 7 nitrogen and oxygen atoms in total. The molecular formula is C16H27N3O4S. The molecule has 1 atom stereocenters. The van der Waals surface area contributed by atoms with Gasteiger partial charge in [-0.2, -0.15) is 0 Å². The summed E-state index contributed by atoms with van der Waals surface area (Å²) in [7, 11) is -2.99. The highest BCUT2D eigenvalue weighted by Gasteiger charge is 2.52. The lowest BCUT2D eigenvalue weighted by molar-refractivity contribution is -0.134. The van der Waals surface area contributed by atoms with Crippen LogP contribution < -0.4 is 5.32 Å². The Morgan fingerprint density at radius 2 is 1.92 bits per heavy atom. The van der Waals surface area contributed by atoms with Crippen molar-refractivity contribution in [2.75, 3.05) is 24.7 Å². The van der Waals surface area contributed by atoms with E-state index in [0.717, 1.165) is 12.8 Å². The second-order valence-electron chi connectivity index (χ2n) is 7.53. The van der Waals surface area contributed by atoms with Gasteiger partial charge in [0.15, 0.2) is 9.84 Å². The van der Waals surface area contributed by atoms with Crippen LogP contribution in [0, 0.1) is 5.92 Å². The minimum atomic E-state index is -2.99. The quantitative estimate of drug-likeness (QED) is 0.757. The van der Waals surface area contributed by atoms with Gasteiger partial charge in [0.05, 0.1) is 18.2 Å². The lowest BCUT2D eigenvalue weighted by atomic mass is 9.77. The van der Waals surface area contributed by atoms with E-state index in [4.69, 9.17) is 0 Å². The summed E-state index contributed by atoms with van der Waals surface area (Å²) in [5.41, 5.74) is -0.731. The van der Waals surface area contributed by atoms with Crippen LogP contribution in [0.2, 0.25) is 0 Å². The van der Waals surface area contributed by atoms with Gasteiger partial charge in [0.25, 0.3) is 5.91 Å². The Morgan fingerprint density at radius 1 is 1.25 bits per heavy atom. The van der Waals surface area contributed by atoms with Gasteiger partial charge in [0.2, 0.25) is 0 Å². The lowest BCUT2D eigenvalue weighted by Crippen LogP contribution is -2.50. The highest BCUT2D eigenvalue weighted by molar-refractivity contribution is 7.91. The van der Waals surface area contributed by atoms with Crippen molar-refractivity contribution in [2.24, 2.45) is 5.92 Å². The smallest absolute Gasteiger partial charge is 0.323 e. The van der Waals surface area contributed by atoms with E-state index < -0.39 is 15.4 Å². The average Bonchev–Trinajstić information content (AvgIpc) is 2.99. The number of imide groups is 1. The van der Waals surface area contributed by atoms with E-state index in [2.05, 4.69) is 12.2 Å². The summed E-state index contributed by atoms with van der Waals surface area (Å²) < 4.78 is 23.4. The van der Waals surface area contributed by atoms with Crippen LogP contribution in [0.15, 0.2) is 0 Å². The molecule has 1 spiro atoms. The van der Waals surface area contributed by atoms with Crippen molar-refractivity contribution in [3.05, 3.63) is 0 Å². The van der Waals surface area contributed by atoms with Crippen LogP contribution in [-0.4, -0.2) is 66.5 Å². The van der Waals surface area contributed by atoms with Crippen molar-refractivity contribution in [2.45, 2.75) is 57.5 Å². The molecule has 2 saturated heterocycles.